The van der Waals surface area contributed by atoms with Crippen molar-refractivity contribution in [3.8, 4) is 11.6 Å². The van der Waals surface area contributed by atoms with E-state index in [1.54, 1.807) is 0 Å². The maximum atomic E-state index is 11.9. The van der Waals surface area contributed by atoms with Crippen molar-refractivity contribution in [2.24, 2.45) is 0 Å². The van der Waals surface area contributed by atoms with Crippen LogP contribution >= 0.6 is 0 Å². The van der Waals surface area contributed by atoms with E-state index in [2.05, 4.69) is 9.72 Å². The molecule has 8 nitrogen and oxygen atoms in total. The number of aliphatic carboxylic acids is 1. The van der Waals surface area contributed by atoms with E-state index in [-0.39, 0.29) is 0 Å². The molecule has 1 aromatic rings. The molecule has 1 aromatic heterocycles. The topological polar surface area (TPSA) is 123 Å². The van der Waals surface area contributed by atoms with Crippen LogP contribution < -0.4 is 4.74 Å². The molecule has 0 aliphatic carbocycles. The number of rotatable bonds is 4. The number of hydrogen-bond donors (Lipinski definition) is 2. The van der Waals surface area contributed by atoms with Gasteiger partial charge < -0.3 is 14.9 Å². The molecule has 0 unspecified atom stereocenters. The number of hydrogen-bond acceptors (Lipinski definition) is 6. The van der Waals surface area contributed by atoms with Crippen LogP contribution in [0.5, 0.6) is 11.6 Å². The summed E-state index contributed by atoms with van der Waals surface area (Å²) in [5.74, 6) is -4.39. The fourth-order valence-corrected chi connectivity index (χ4v) is 1.19. The van der Waals surface area contributed by atoms with Gasteiger partial charge in [0.05, 0.1) is 16.9 Å². The summed E-state index contributed by atoms with van der Waals surface area (Å²) < 4.78 is 39.1. The van der Waals surface area contributed by atoms with Gasteiger partial charge in [-0.2, -0.15) is 0 Å². The van der Waals surface area contributed by atoms with Gasteiger partial charge >= 0.3 is 18.0 Å². The highest BCUT2D eigenvalue weighted by Crippen LogP contribution is 2.38. The average Bonchev–Trinajstić information content (AvgIpc) is 2.19. The number of pyridine rings is 1. The smallest absolute Gasteiger partial charge is 0.498 e. The lowest BCUT2D eigenvalue weighted by Crippen LogP contribution is -2.18. The van der Waals surface area contributed by atoms with Crippen molar-refractivity contribution >= 4 is 11.7 Å². The Morgan fingerprint density at radius 2 is 2.11 bits per heavy atom. The summed E-state index contributed by atoms with van der Waals surface area (Å²) in [7, 11) is 0. The molecule has 104 valence electrons. The molecule has 1 rings (SSSR count). The van der Waals surface area contributed by atoms with Crippen molar-refractivity contribution in [1.29, 1.82) is 0 Å². The molecule has 0 aliphatic heterocycles. The molecule has 0 saturated heterocycles. The predicted octanol–water partition coefficient (Wildman–Crippen LogP) is 1.22. The van der Waals surface area contributed by atoms with Crippen LogP contribution in [0.15, 0.2) is 6.20 Å². The zero-order valence-corrected chi connectivity index (χ0v) is 8.84. The summed E-state index contributed by atoms with van der Waals surface area (Å²) in [5.41, 5.74) is -1.75. The number of aromatic hydroxyl groups is 1. The number of carboxylic acids is 1. The number of carbonyl (C=O) groups is 1. The fraction of sp³-hybridized carbons (Fsp3) is 0.250. The molecule has 0 aromatic carbocycles. The Hall–Kier alpha value is -2.59. The van der Waals surface area contributed by atoms with Gasteiger partial charge in [0, 0.05) is 6.20 Å². The Morgan fingerprint density at radius 1 is 1.53 bits per heavy atom. The standard InChI is InChI=1S/C8H5F3N2O6/c9-8(10,11)19-7-6(16)5(13(17)18)3(2-12-7)1-4(14)15/h2,16H,1H2,(H,14,15). The van der Waals surface area contributed by atoms with E-state index < -0.39 is 46.6 Å². The SMILES string of the molecule is O=C(O)Cc1cnc(OC(F)(F)F)c(O)c1[N+](=O)[O-]. The third kappa shape index (κ3) is 3.69. The lowest BCUT2D eigenvalue weighted by molar-refractivity contribution is -0.386. The second-order valence-electron chi connectivity index (χ2n) is 3.16. The number of carboxylic acid groups (broad SMARTS) is 1. The lowest BCUT2D eigenvalue weighted by atomic mass is 10.1. The van der Waals surface area contributed by atoms with Crippen molar-refractivity contribution in [3.05, 3.63) is 21.9 Å². The Bertz CT molecular complexity index is 530. The van der Waals surface area contributed by atoms with E-state index in [9.17, 15) is 33.2 Å². The highest BCUT2D eigenvalue weighted by Gasteiger charge is 2.36. The number of nitro groups is 1. The molecule has 0 spiro atoms. The molecular formula is C8H5F3N2O6. The minimum atomic E-state index is -5.20. The van der Waals surface area contributed by atoms with Crippen LogP contribution in [-0.2, 0) is 11.2 Å². The Labute approximate surface area is 102 Å². The number of aromatic nitrogens is 1. The second-order valence-corrected chi connectivity index (χ2v) is 3.16. The fourth-order valence-electron chi connectivity index (χ4n) is 1.19. The van der Waals surface area contributed by atoms with Gasteiger partial charge in [-0.3, -0.25) is 14.9 Å². The highest BCUT2D eigenvalue weighted by molar-refractivity contribution is 5.73. The molecule has 0 amide bonds. The maximum absolute atomic E-state index is 11.9. The van der Waals surface area contributed by atoms with Crippen LogP contribution in [0.1, 0.15) is 5.56 Å². The summed E-state index contributed by atoms with van der Waals surface area (Å²) in [6, 6.07) is 0. The molecule has 0 bridgehead atoms. The van der Waals surface area contributed by atoms with Gasteiger partial charge in [0.2, 0.25) is 0 Å². The molecule has 0 aliphatic rings. The highest BCUT2D eigenvalue weighted by atomic mass is 19.4. The van der Waals surface area contributed by atoms with Crippen molar-refractivity contribution in [3.63, 3.8) is 0 Å². The zero-order valence-electron chi connectivity index (χ0n) is 8.84. The molecule has 0 saturated carbocycles. The molecule has 2 N–H and O–H groups in total. The molecular weight excluding hydrogens is 277 g/mol. The van der Waals surface area contributed by atoms with Crippen molar-refractivity contribution in [2.75, 3.05) is 0 Å². The Morgan fingerprint density at radius 3 is 2.53 bits per heavy atom. The summed E-state index contributed by atoms with van der Waals surface area (Å²) >= 11 is 0. The maximum Gasteiger partial charge on any atom is 0.574 e. The van der Waals surface area contributed by atoms with Gasteiger partial charge in [0.15, 0.2) is 0 Å². The average molecular weight is 282 g/mol. The first-order valence-corrected chi connectivity index (χ1v) is 4.44. The first kappa shape index (κ1) is 14.5. The minimum absolute atomic E-state index is 0.521. The van der Waals surface area contributed by atoms with Gasteiger partial charge in [-0.05, 0) is 0 Å². The normalized spacial score (nSPS) is 11.1. The van der Waals surface area contributed by atoms with Gasteiger partial charge in [-0.1, -0.05) is 0 Å². The summed E-state index contributed by atoms with van der Waals surface area (Å²) in [6.45, 7) is 0. The number of ether oxygens (including phenoxy) is 1. The Balaban J connectivity index is 3.31. The van der Waals surface area contributed by atoms with E-state index >= 15 is 0 Å². The first-order chi connectivity index (χ1) is 8.61. The predicted molar refractivity (Wildman–Crippen MR) is 50.6 cm³/mol. The van der Waals surface area contributed by atoms with Gasteiger partial charge in [0.1, 0.15) is 0 Å². The molecule has 11 heteroatoms. The van der Waals surface area contributed by atoms with Crippen LogP contribution in [-0.4, -0.2) is 32.5 Å². The largest absolute Gasteiger partial charge is 0.574 e. The Kier molecular flexibility index (Phi) is 3.77. The zero-order chi connectivity index (χ0) is 14.8. The minimum Gasteiger partial charge on any atom is -0.498 e. The van der Waals surface area contributed by atoms with Crippen LogP contribution in [0.4, 0.5) is 18.9 Å². The molecule has 0 radical (unpaired) electrons. The van der Waals surface area contributed by atoms with E-state index in [1.807, 2.05) is 0 Å². The monoisotopic (exact) mass is 282 g/mol. The molecule has 0 atom stereocenters. The van der Waals surface area contributed by atoms with Crippen LogP contribution in [0.25, 0.3) is 0 Å². The van der Waals surface area contributed by atoms with Crippen molar-refractivity contribution in [1.82, 2.24) is 4.98 Å². The van der Waals surface area contributed by atoms with E-state index in [0.717, 1.165) is 0 Å². The number of halogens is 3. The number of alkyl halides is 3. The van der Waals surface area contributed by atoms with Gasteiger partial charge in [-0.15, -0.1) is 13.2 Å². The first-order valence-electron chi connectivity index (χ1n) is 4.44. The van der Waals surface area contributed by atoms with Crippen molar-refractivity contribution < 1.29 is 37.8 Å². The number of nitrogens with zero attached hydrogens (tertiary/aromatic N) is 2. The third-order valence-electron chi connectivity index (χ3n) is 1.81. The quantitative estimate of drug-likeness (QED) is 0.628. The van der Waals surface area contributed by atoms with Crippen LogP contribution in [0.2, 0.25) is 0 Å². The summed E-state index contributed by atoms with van der Waals surface area (Å²) in [4.78, 5) is 22.8. The van der Waals surface area contributed by atoms with Crippen LogP contribution in [0, 0.1) is 10.1 Å². The molecule has 19 heavy (non-hydrogen) atoms. The summed E-state index contributed by atoms with van der Waals surface area (Å²) in [5, 5.41) is 28.4. The summed E-state index contributed by atoms with van der Waals surface area (Å²) in [6.07, 6.45) is -5.57. The van der Waals surface area contributed by atoms with Crippen LogP contribution in [0.3, 0.4) is 0 Å². The van der Waals surface area contributed by atoms with E-state index in [4.69, 9.17) is 5.11 Å². The van der Waals surface area contributed by atoms with Crippen molar-refractivity contribution in [2.45, 2.75) is 12.8 Å². The molecule has 0 fully saturated rings. The molecule has 1 heterocycles. The van der Waals surface area contributed by atoms with E-state index in [0.29, 0.717) is 6.20 Å². The van der Waals surface area contributed by atoms with Gasteiger partial charge in [0.25, 0.3) is 11.6 Å². The van der Waals surface area contributed by atoms with E-state index in [1.165, 1.54) is 0 Å². The van der Waals surface area contributed by atoms with Gasteiger partial charge in [-0.25, -0.2) is 4.98 Å². The third-order valence-corrected chi connectivity index (χ3v) is 1.81. The second kappa shape index (κ2) is 4.96. The lowest BCUT2D eigenvalue weighted by Gasteiger charge is -2.10.